The van der Waals surface area contributed by atoms with Crippen LogP contribution in [0.25, 0.3) is 0 Å². The maximum Gasteiger partial charge on any atom is 0.273 e. The average molecular weight is 453 g/mol. The lowest BCUT2D eigenvalue weighted by atomic mass is 10.0. The van der Waals surface area contributed by atoms with Crippen LogP contribution in [0.3, 0.4) is 0 Å². The Morgan fingerprint density at radius 1 is 1.18 bits per heavy atom. The van der Waals surface area contributed by atoms with Crippen LogP contribution in [0.4, 0.5) is 0 Å². The highest BCUT2D eigenvalue weighted by Crippen LogP contribution is 2.34. The van der Waals surface area contributed by atoms with E-state index in [1.54, 1.807) is 43.5 Å². The minimum atomic E-state index is -0.925. The van der Waals surface area contributed by atoms with Gasteiger partial charge in [-0.2, -0.15) is 5.10 Å². The van der Waals surface area contributed by atoms with E-state index in [9.17, 15) is 9.59 Å². The predicted molar refractivity (Wildman–Crippen MR) is 120 cm³/mol. The van der Waals surface area contributed by atoms with Gasteiger partial charge in [-0.3, -0.25) is 14.7 Å². The average Bonchev–Trinajstić information content (AvgIpc) is 3.62. The molecule has 0 bridgehead atoms. The standard InChI is InChI=1S/C24H28N4O5/c1-31-20-10-9-16(14-21(20)32-2)22(23(29)26-17-6-3-4-7-17)28(15-18-8-5-13-33-18)24(30)19-11-12-25-27-19/h5,8-14,17,22H,3-4,6-7,15H2,1-2H3,(H,25,27)(H,26,29)/t22-/m0/s1. The molecule has 3 aromatic rings. The Bertz CT molecular complexity index is 1060. The zero-order valence-electron chi connectivity index (χ0n) is 18.7. The first-order chi connectivity index (χ1) is 16.1. The fraction of sp³-hybridized carbons (Fsp3) is 0.375. The monoisotopic (exact) mass is 452 g/mol. The summed E-state index contributed by atoms with van der Waals surface area (Å²) in [5.74, 6) is 0.940. The highest BCUT2D eigenvalue weighted by molar-refractivity contribution is 5.96. The van der Waals surface area contributed by atoms with Gasteiger partial charge in [0.1, 0.15) is 17.5 Å². The maximum absolute atomic E-state index is 13.7. The molecule has 0 spiro atoms. The molecule has 2 aromatic heterocycles. The number of aromatic amines is 1. The lowest BCUT2D eigenvalue weighted by Gasteiger charge is -2.31. The summed E-state index contributed by atoms with van der Waals surface area (Å²) < 4.78 is 16.3. The molecule has 174 valence electrons. The second-order valence-corrected chi connectivity index (χ2v) is 7.99. The van der Waals surface area contributed by atoms with Crippen molar-refractivity contribution in [3.8, 4) is 11.5 Å². The zero-order chi connectivity index (χ0) is 23.2. The van der Waals surface area contributed by atoms with Gasteiger partial charge in [0.05, 0.1) is 27.0 Å². The molecule has 1 saturated carbocycles. The van der Waals surface area contributed by atoms with Crippen LogP contribution in [0, 0.1) is 0 Å². The summed E-state index contributed by atoms with van der Waals surface area (Å²) in [5.41, 5.74) is 0.878. The Morgan fingerprint density at radius 3 is 2.61 bits per heavy atom. The number of benzene rings is 1. The van der Waals surface area contributed by atoms with Gasteiger partial charge >= 0.3 is 0 Å². The summed E-state index contributed by atoms with van der Waals surface area (Å²) in [6, 6.07) is 9.50. The molecule has 2 N–H and O–H groups in total. The number of hydrogen-bond donors (Lipinski definition) is 2. The third kappa shape index (κ3) is 5.02. The molecule has 2 heterocycles. The van der Waals surface area contributed by atoms with E-state index in [4.69, 9.17) is 13.9 Å². The van der Waals surface area contributed by atoms with E-state index < -0.39 is 6.04 Å². The lowest BCUT2D eigenvalue weighted by Crippen LogP contribution is -2.46. The highest BCUT2D eigenvalue weighted by Gasteiger charge is 2.35. The van der Waals surface area contributed by atoms with E-state index in [0.717, 1.165) is 25.7 Å². The van der Waals surface area contributed by atoms with Crippen LogP contribution in [0.15, 0.2) is 53.3 Å². The van der Waals surface area contributed by atoms with Crippen molar-refractivity contribution in [2.75, 3.05) is 14.2 Å². The van der Waals surface area contributed by atoms with Gasteiger partial charge in [-0.15, -0.1) is 0 Å². The van der Waals surface area contributed by atoms with E-state index in [0.29, 0.717) is 22.8 Å². The van der Waals surface area contributed by atoms with Gasteiger partial charge in [0.15, 0.2) is 11.5 Å². The van der Waals surface area contributed by atoms with Crippen LogP contribution >= 0.6 is 0 Å². The molecule has 0 saturated heterocycles. The number of amides is 2. The predicted octanol–water partition coefficient (Wildman–Crippen LogP) is 3.46. The maximum atomic E-state index is 13.7. The number of hydrogen-bond acceptors (Lipinski definition) is 6. The Hall–Kier alpha value is -3.75. The molecular weight excluding hydrogens is 424 g/mol. The van der Waals surface area contributed by atoms with Crippen molar-refractivity contribution < 1.29 is 23.5 Å². The smallest absolute Gasteiger partial charge is 0.273 e. The molecule has 0 radical (unpaired) electrons. The van der Waals surface area contributed by atoms with E-state index >= 15 is 0 Å². The molecule has 9 heteroatoms. The number of aromatic nitrogens is 2. The van der Waals surface area contributed by atoms with Crippen LogP contribution in [-0.4, -0.2) is 47.2 Å². The molecule has 1 aliphatic rings. The molecule has 0 aliphatic heterocycles. The lowest BCUT2D eigenvalue weighted by molar-refractivity contribution is -0.126. The van der Waals surface area contributed by atoms with Gasteiger partial charge in [-0.05, 0) is 48.7 Å². The third-order valence-electron chi connectivity index (χ3n) is 5.88. The van der Waals surface area contributed by atoms with Gasteiger partial charge in [-0.1, -0.05) is 18.9 Å². The van der Waals surface area contributed by atoms with E-state index in [1.807, 2.05) is 0 Å². The minimum absolute atomic E-state index is 0.0906. The molecule has 2 amide bonds. The first-order valence-electron chi connectivity index (χ1n) is 11.0. The fourth-order valence-corrected chi connectivity index (χ4v) is 4.23. The SMILES string of the molecule is COc1ccc([C@@H](C(=O)NC2CCCC2)N(Cc2ccco2)C(=O)c2ccn[nH]2)cc1OC. The summed E-state index contributed by atoms with van der Waals surface area (Å²) in [5, 5.41) is 9.75. The first kappa shape index (κ1) is 22.4. The summed E-state index contributed by atoms with van der Waals surface area (Å²) in [6.45, 7) is 0.0992. The number of furan rings is 1. The Labute approximate surface area is 192 Å². The highest BCUT2D eigenvalue weighted by atomic mass is 16.5. The number of nitrogens with one attached hydrogen (secondary N) is 2. The van der Waals surface area contributed by atoms with Crippen LogP contribution in [0.2, 0.25) is 0 Å². The van der Waals surface area contributed by atoms with Crippen LogP contribution in [0.5, 0.6) is 11.5 Å². The summed E-state index contributed by atoms with van der Waals surface area (Å²) >= 11 is 0. The van der Waals surface area contributed by atoms with Crippen molar-refractivity contribution in [2.24, 2.45) is 0 Å². The second kappa shape index (κ2) is 10.2. The molecule has 1 aromatic carbocycles. The molecule has 33 heavy (non-hydrogen) atoms. The van der Waals surface area contributed by atoms with Gasteiger partial charge in [0.25, 0.3) is 5.91 Å². The van der Waals surface area contributed by atoms with Gasteiger partial charge in [-0.25, -0.2) is 0 Å². The number of ether oxygens (including phenoxy) is 2. The third-order valence-corrected chi connectivity index (χ3v) is 5.88. The van der Waals surface area contributed by atoms with Crippen molar-refractivity contribution in [1.29, 1.82) is 0 Å². The van der Waals surface area contributed by atoms with Crippen molar-refractivity contribution in [1.82, 2.24) is 20.4 Å². The van der Waals surface area contributed by atoms with E-state index in [1.165, 1.54) is 24.5 Å². The Balaban J connectivity index is 1.76. The normalized spacial score (nSPS) is 14.6. The molecule has 1 fully saturated rings. The van der Waals surface area contributed by atoms with Crippen molar-refractivity contribution >= 4 is 11.8 Å². The molecule has 4 rings (SSSR count). The number of H-pyrrole nitrogens is 1. The van der Waals surface area contributed by atoms with Gasteiger partial charge in [0.2, 0.25) is 5.91 Å². The topological polar surface area (TPSA) is 110 Å². The second-order valence-electron chi connectivity index (χ2n) is 7.99. The number of carbonyl (C=O) groups excluding carboxylic acids is 2. The zero-order valence-corrected chi connectivity index (χ0v) is 18.7. The van der Waals surface area contributed by atoms with Crippen molar-refractivity contribution in [3.05, 3.63) is 65.9 Å². The van der Waals surface area contributed by atoms with Gasteiger partial charge < -0.3 is 24.1 Å². The Morgan fingerprint density at radius 2 is 1.97 bits per heavy atom. The number of nitrogens with zero attached hydrogens (tertiary/aromatic N) is 2. The van der Waals surface area contributed by atoms with Gasteiger partial charge in [0, 0.05) is 12.2 Å². The summed E-state index contributed by atoms with van der Waals surface area (Å²) in [7, 11) is 3.08. The molecular formula is C24H28N4O5. The first-order valence-corrected chi connectivity index (χ1v) is 11.0. The largest absolute Gasteiger partial charge is 0.493 e. The minimum Gasteiger partial charge on any atom is -0.493 e. The number of rotatable bonds is 9. The molecule has 0 unspecified atom stereocenters. The molecule has 1 atom stereocenters. The van der Waals surface area contributed by atoms with Crippen LogP contribution < -0.4 is 14.8 Å². The molecule has 1 aliphatic carbocycles. The summed E-state index contributed by atoms with van der Waals surface area (Å²) in [6.07, 6.45) is 7.05. The van der Waals surface area contributed by atoms with E-state index in [2.05, 4.69) is 15.5 Å². The van der Waals surface area contributed by atoms with E-state index in [-0.39, 0.29) is 30.1 Å². The number of methoxy groups -OCH3 is 2. The quantitative estimate of drug-likeness (QED) is 0.515. The molecule has 9 nitrogen and oxygen atoms in total. The van der Waals surface area contributed by atoms with Crippen LogP contribution in [-0.2, 0) is 11.3 Å². The number of carbonyl (C=O) groups is 2. The fourth-order valence-electron chi connectivity index (χ4n) is 4.23. The Kier molecular flexibility index (Phi) is 6.97. The van der Waals surface area contributed by atoms with Crippen molar-refractivity contribution in [2.45, 2.75) is 44.3 Å². The summed E-state index contributed by atoms with van der Waals surface area (Å²) in [4.78, 5) is 28.7. The van der Waals surface area contributed by atoms with Crippen LogP contribution in [0.1, 0.15) is 53.5 Å². The van der Waals surface area contributed by atoms with Crippen molar-refractivity contribution in [3.63, 3.8) is 0 Å².